The highest BCUT2D eigenvalue weighted by molar-refractivity contribution is 5.73. The predicted molar refractivity (Wildman–Crippen MR) is 56.8 cm³/mol. The number of hydrogen-bond acceptors (Lipinski definition) is 3. The van der Waals surface area contributed by atoms with E-state index in [1.807, 2.05) is 6.92 Å². The highest BCUT2D eigenvalue weighted by atomic mass is 16.3. The summed E-state index contributed by atoms with van der Waals surface area (Å²) in [5, 5.41) is 12.8. The molecule has 0 aliphatic heterocycles. The van der Waals surface area contributed by atoms with E-state index < -0.39 is 5.60 Å². The van der Waals surface area contributed by atoms with Crippen molar-refractivity contribution < 1.29 is 9.90 Å². The number of rotatable bonds is 7. The maximum Gasteiger partial charge on any atom is 0.217 e. The van der Waals surface area contributed by atoms with Crippen LogP contribution in [-0.2, 0) is 4.79 Å². The smallest absolute Gasteiger partial charge is 0.217 e. The van der Waals surface area contributed by atoms with Crippen molar-refractivity contribution in [2.24, 2.45) is 5.73 Å². The Morgan fingerprint density at radius 2 is 2.07 bits per heavy atom. The number of amides is 1. The van der Waals surface area contributed by atoms with Gasteiger partial charge in [-0.2, -0.15) is 0 Å². The Morgan fingerprint density at radius 1 is 1.50 bits per heavy atom. The summed E-state index contributed by atoms with van der Waals surface area (Å²) in [5.74, 6) is -0.250. The lowest BCUT2D eigenvalue weighted by Crippen LogP contribution is -2.44. The summed E-state index contributed by atoms with van der Waals surface area (Å²) in [6.45, 7) is 6.29. The second-order valence-electron chi connectivity index (χ2n) is 4.25. The zero-order valence-electron chi connectivity index (χ0n) is 9.34. The van der Waals surface area contributed by atoms with E-state index in [4.69, 9.17) is 5.73 Å². The van der Waals surface area contributed by atoms with Crippen molar-refractivity contribution in [2.45, 2.75) is 51.7 Å². The molecule has 14 heavy (non-hydrogen) atoms. The fraction of sp³-hybridized carbons (Fsp3) is 0.900. The molecule has 0 heterocycles. The third-order valence-electron chi connectivity index (χ3n) is 2.36. The normalized spacial score (nSPS) is 14.0. The Kier molecular flexibility index (Phi) is 5.72. The van der Waals surface area contributed by atoms with Crippen molar-refractivity contribution >= 4 is 5.91 Å². The average molecular weight is 202 g/mol. The summed E-state index contributed by atoms with van der Waals surface area (Å²) in [5.41, 5.74) is 4.30. The summed E-state index contributed by atoms with van der Waals surface area (Å²) in [4.78, 5) is 10.4. The molecule has 4 N–H and O–H groups in total. The Hall–Kier alpha value is -0.610. The second-order valence-corrected chi connectivity index (χ2v) is 4.25. The second kappa shape index (κ2) is 5.98. The van der Waals surface area contributed by atoms with Crippen molar-refractivity contribution in [3.63, 3.8) is 0 Å². The molecule has 0 saturated carbocycles. The quantitative estimate of drug-likeness (QED) is 0.523. The van der Waals surface area contributed by atoms with Crippen LogP contribution in [0.15, 0.2) is 0 Å². The number of unbranched alkanes of at least 4 members (excludes halogenated alkanes) is 1. The van der Waals surface area contributed by atoms with Gasteiger partial charge in [0, 0.05) is 12.5 Å². The van der Waals surface area contributed by atoms with Crippen LogP contribution in [0.3, 0.4) is 0 Å². The minimum Gasteiger partial charge on any atom is -0.389 e. The molecule has 0 aliphatic rings. The predicted octanol–water partition coefficient (Wildman–Crippen LogP) is 0.391. The van der Waals surface area contributed by atoms with Crippen molar-refractivity contribution in [2.75, 3.05) is 6.54 Å². The molecule has 0 aromatic rings. The van der Waals surface area contributed by atoms with Crippen LogP contribution in [0.25, 0.3) is 0 Å². The van der Waals surface area contributed by atoms with E-state index in [1.165, 1.54) is 0 Å². The van der Waals surface area contributed by atoms with Gasteiger partial charge in [0.05, 0.1) is 5.60 Å². The highest BCUT2D eigenvalue weighted by Crippen LogP contribution is 2.07. The van der Waals surface area contributed by atoms with E-state index in [9.17, 15) is 9.90 Å². The topological polar surface area (TPSA) is 75.3 Å². The average Bonchev–Trinajstić information content (AvgIpc) is 2.01. The number of hydrogen-bond donors (Lipinski definition) is 3. The van der Waals surface area contributed by atoms with Gasteiger partial charge in [0.2, 0.25) is 5.91 Å². The number of carbonyl (C=O) groups is 1. The van der Waals surface area contributed by atoms with Gasteiger partial charge in [0.15, 0.2) is 0 Å². The summed E-state index contributed by atoms with van der Waals surface area (Å²) in [7, 11) is 0. The van der Waals surface area contributed by atoms with Gasteiger partial charge in [-0.05, 0) is 40.2 Å². The lowest BCUT2D eigenvalue weighted by molar-refractivity contribution is -0.118. The number of carbonyl (C=O) groups excluding carboxylic acids is 1. The SMILES string of the molecule is CC(NCCCCC(N)=O)C(C)(C)O. The van der Waals surface area contributed by atoms with Crippen LogP contribution in [0.4, 0.5) is 0 Å². The molecule has 0 aromatic carbocycles. The Labute approximate surface area is 85.9 Å². The van der Waals surface area contributed by atoms with Crippen molar-refractivity contribution in [1.29, 1.82) is 0 Å². The third-order valence-corrected chi connectivity index (χ3v) is 2.36. The number of aliphatic hydroxyl groups is 1. The van der Waals surface area contributed by atoms with Crippen LogP contribution in [0.1, 0.15) is 40.0 Å². The first kappa shape index (κ1) is 13.4. The van der Waals surface area contributed by atoms with Crippen LogP contribution >= 0.6 is 0 Å². The maximum absolute atomic E-state index is 10.4. The molecule has 4 nitrogen and oxygen atoms in total. The Bertz CT molecular complexity index is 175. The number of nitrogens with one attached hydrogen (secondary N) is 1. The molecule has 4 heteroatoms. The molecular weight excluding hydrogens is 180 g/mol. The van der Waals surface area contributed by atoms with Crippen LogP contribution < -0.4 is 11.1 Å². The molecule has 0 radical (unpaired) electrons. The van der Waals surface area contributed by atoms with E-state index in [2.05, 4.69) is 5.32 Å². The first-order valence-electron chi connectivity index (χ1n) is 5.08. The Balaban J connectivity index is 3.41. The molecule has 1 amide bonds. The van der Waals surface area contributed by atoms with Gasteiger partial charge in [0.1, 0.15) is 0 Å². The van der Waals surface area contributed by atoms with E-state index in [0.29, 0.717) is 6.42 Å². The highest BCUT2D eigenvalue weighted by Gasteiger charge is 2.20. The van der Waals surface area contributed by atoms with Gasteiger partial charge in [0.25, 0.3) is 0 Å². The standard InChI is InChI=1S/C10H22N2O2/c1-8(10(2,3)14)12-7-5-4-6-9(11)13/h8,12,14H,4-7H2,1-3H3,(H2,11,13). The molecule has 0 fully saturated rings. The molecule has 1 atom stereocenters. The van der Waals surface area contributed by atoms with Crippen LogP contribution in [0.5, 0.6) is 0 Å². The van der Waals surface area contributed by atoms with E-state index in [0.717, 1.165) is 19.4 Å². The summed E-state index contributed by atoms with van der Waals surface area (Å²) < 4.78 is 0. The fourth-order valence-electron chi connectivity index (χ4n) is 0.993. The first-order chi connectivity index (χ1) is 6.34. The van der Waals surface area contributed by atoms with Gasteiger partial charge in [-0.25, -0.2) is 0 Å². The molecule has 0 aliphatic carbocycles. The summed E-state index contributed by atoms with van der Waals surface area (Å²) in [6, 6.07) is 0.0519. The third kappa shape index (κ3) is 6.86. The summed E-state index contributed by atoms with van der Waals surface area (Å²) in [6.07, 6.45) is 2.16. The summed E-state index contributed by atoms with van der Waals surface area (Å²) >= 11 is 0. The van der Waals surface area contributed by atoms with E-state index in [1.54, 1.807) is 13.8 Å². The fourth-order valence-corrected chi connectivity index (χ4v) is 0.993. The van der Waals surface area contributed by atoms with Gasteiger partial charge in [-0.15, -0.1) is 0 Å². The minimum atomic E-state index is -0.705. The van der Waals surface area contributed by atoms with Crippen molar-refractivity contribution in [3.05, 3.63) is 0 Å². The zero-order chi connectivity index (χ0) is 11.2. The molecule has 0 bridgehead atoms. The minimum absolute atomic E-state index is 0.0519. The largest absolute Gasteiger partial charge is 0.389 e. The molecule has 1 unspecified atom stereocenters. The van der Waals surface area contributed by atoms with Crippen LogP contribution in [0, 0.1) is 0 Å². The molecule has 0 spiro atoms. The first-order valence-corrected chi connectivity index (χ1v) is 5.08. The van der Waals surface area contributed by atoms with Crippen LogP contribution in [0.2, 0.25) is 0 Å². The van der Waals surface area contributed by atoms with E-state index in [-0.39, 0.29) is 11.9 Å². The van der Waals surface area contributed by atoms with E-state index >= 15 is 0 Å². The molecule has 0 aromatic heterocycles. The monoisotopic (exact) mass is 202 g/mol. The number of nitrogens with two attached hydrogens (primary N) is 1. The van der Waals surface area contributed by atoms with Crippen molar-refractivity contribution in [3.8, 4) is 0 Å². The Morgan fingerprint density at radius 3 is 2.50 bits per heavy atom. The molecule has 84 valence electrons. The maximum atomic E-state index is 10.4. The van der Waals surface area contributed by atoms with Gasteiger partial charge < -0.3 is 16.2 Å². The van der Waals surface area contributed by atoms with Gasteiger partial charge in [-0.3, -0.25) is 4.79 Å². The van der Waals surface area contributed by atoms with Crippen LogP contribution in [-0.4, -0.2) is 29.2 Å². The number of primary amides is 1. The van der Waals surface area contributed by atoms with Gasteiger partial charge >= 0.3 is 0 Å². The molecule has 0 rings (SSSR count). The van der Waals surface area contributed by atoms with Crippen molar-refractivity contribution in [1.82, 2.24) is 5.32 Å². The molecule has 0 saturated heterocycles. The zero-order valence-corrected chi connectivity index (χ0v) is 9.34. The molecular formula is C10H22N2O2. The lowest BCUT2D eigenvalue weighted by Gasteiger charge is -2.26. The lowest BCUT2D eigenvalue weighted by atomic mass is 10.0. The van der Waals surface area contributed by atoms with Gasteiger partial charge in [-0.1, -0.05) is 0 Å².